The Morgan fingerprint density at radius 3 is 2.55 bits per heavy atom. The molecule has 4 heteroatoms. The first-order valence-corrected chi connectivity index (χ1v) is 6.94. The minimum atomic E-state index is -0.198. The molecule has 4 rings (SSSR count). The normalized spacial score (nSPS) is 10.9. The zero-order chi connectivity index (χ0) is 14.9. The zero-order valence-electron chi connectivity index (χ0n) is 11.6. The number of nitrogens with zero attached hydrogens (tertiary/aromatic N) is 1. The Labute approximate surface area is 126 Å². The predicted molar refractivity (Wildman–Crippen MR) is 85.9 cm³/mol. The summed E-state index contributed by atoms with van der Waals surface area (Å²) in [6.45, 7) is 0. The lowest BCUT2D eigenvalue weighted by molar-refractivity contribution is 0.102. The summed E-state index contributed by atoms with van der Waals surface area (Å²) in [5.74, 6) is -0.198. The summed E-state index contributed by atoms with van der Waals surface area (Å²) in [7, 11) is 0. The third-order valence-electron chi connectivity index (χ3n) is 3.59. The van der Waals surface area contributed by atoms with E-state index in [1.54, 1.807) is 30.6 Å². The molecule has 0 saturated carbocycles. The summed E-state index contributed by atoms with van der Waals surface area (Å²) in [6.07, 6.45) is 3.27. The number of nitrogens with one attached hydrogen (secondary N) is 1. The van der Waals surface area contributed by atoms with Gasteiger partial charge in [-0.2, -0.15) is 0 Å². The van der Waals surface area contributed by atoms with Gasteiger partial charge < -0.3 is 9.73 Å². The zero-order valence-corrected chi connectivity index (χ0v) is 11.6. The third-order valence-corrected chi connectivity index (χ3v) is 3.59. The van der Waals surface area contributed by atoms with Crippen LogP contribution in [0.5, 0.6) is 0 Å². The number of para-hydroxylation sites is 2. The molecule has 106 valence electrons. The average molecular weight is 288 g/mol. The van der Waals surface area contributed by atoms with Crippen molar-refractivity contribution < 1.29 is 9.21 Å². The van der Waals surface area contributed by atoms with Crippen molar-refractivity contribution in [1.29, 1.82) is 0 Å². The van der Waals surface area contributed by atoms with Crippen molar-refractivity contribution in [2.45, 2.75) is 0 Å². The summed E-state index contributed by atoms with van der Waals surface area (Å²) >= 11 is 0. The largest absolute Gasteiger partial charge is 0.455 e. The van der Waals surface area contributed by atoms with Crippen LogP contribution in [0, 0.1) is 0 Å². The number of hydrogen-bond donors (Lipinski definition) is 1. The van der Waals surface area contributed by atoms with Gasteiger partial charge in [-0.15, -0.1) is 0 Å². The fourth-order valence-corrected chi connectivity index (χ4v) is 2.56. The van der Waals surface area contributed by atoms with Crippen molar-refractivity contribution in [3.63, 3.8) is 0 Å². The van der Waals surface area contributed by atoms with E-state index in [-0.39, 0.29) is 5.91 Å². The SMILES string of the molecule is O=C(Nc1ccncc1)c1cccc2c1oc1ccccc12. The predicted octanol–water partition coefficient (Wildman–Crippen LogP) is 4.23. The van der Waals surface area contributed by atoms with Gasteiger partial charge in [-0.05, 0) is 24.3 Å². The number of pyridine rings is 1. The number of anilines is 1. The van der Waals surface area contributed by atoms with Gasteiger partial charge in [-0.25, -0.2) is 0 Å². The van der Waals surface area contributed by atoms with Gasteiger partial charge in [0.1, 0.15) is 11.2 Å². The monoisotopic (exact) mass is 288 g/mol. The molecule has 0 spiro atoms. The molecule has 0 bridgehead atoms. The van der Waals surface area contributed by atoms with Crippen LogP contribution in [0.1, 0.15) is 10.4 Å². The first-order valence-electron chi connectivity index (χ1n) is 6.94. The molecule has 0 fully saturated rings. The first kappa shape index (κ1) is 12.6. The van der Waals surface area contributed by atoms with E-state index in [1.807, 2.05) is 36.4 Å². The quantitative estimate of drug-likeness (QED) is 0.600. The molecular weight excluding hydrogens is 276 g/mol. The molecule has 0 aliphatic carbocycles. The summed E-state index contributed by atoms with van der Waals surface area (Å²) in [5, 5.41) is 4.81. The second-order valence-electron chi connectivity index (χ2n) is 4.97. The number of hydrogen-bond acceptors (Lipinski definition) is 3. The third kappa shape index (κ3) is 2.02. The molecule has 2 aromatic carbocycles. The number of aromatic nitrogens is 1. The molecule has 0 atom stereocenters. The number of furan rings is 1. The minimum absolute atomic E-state index is 0.198. The van der Waals surface area contributed by atoms with Crippen molar-refractivity contribution in [3.8, 4) is 0 Å². The maximum absolute atomic E-state index is 12.5. The second kappa shape index (κ2) is 5.00. The molecule has 4 nitrogen and oxygen atoms in total. The van der Waals surface area contributed by atoms with Gasteiger partial charge >= 0.3 is 0 Å². The van der Waals surface area contributed by atoms with E-state index in [9.17, 15) is 4.79 Å². The molecule has 2 heterocycles. The van der Waals surface area contributed by atoms with Gasteiger partial charge in [0.15, 0.2) is 0 Å². The van der Waals surface area contributed by atoms with Crippen molar-refractivity contribution in [3.05, 3.63) is 72.6 Å². The highest BCUT2D eigenvalue weighted by atomic mass is 16.3. The van der Waals surface area contributed by atoms with Crippen LogP contribution in [0.2, 0.25) is 0 Å². The van der Waals surface area contributed by atoms with Crippen LogP contribution < -0.4 is 5.32 Å². The smallest absolute Gasteiger partial charge is 0.259 e. The van der Waals surface area contributed by atoms with Crippen molar-refractivity contribution in [2.75, 3.05) is 5.32 Å². The summed E-state index contributed by atoms with van der Waals surface area (Å²) in [6, 6.07) is 16.9. The Morgan fingerprint density at radius 2 is 1.68 bits per heavy atom. The fraction of sp³-hybridized carbons (Fsp3) is 0. The van der Waals surface area contributed by atoms with E-state index in [4.69, 9.17) is 4.42 Å². The fourth-order valence-electron chi connectivity index (χ4n) is 2.56. The molecule has 0 unspecified atom stereocenters. The van der Waals surface area contributed by atoms with Gasteiger partial charge in [-0.3, -0.25) is 9.78 Å². The van der Waals surface area contributed by atoms with Crippen LogP contribution in [0.3, 0.4) is 0 Å². The lowest BCUT2D eigenvalue weighted by Crippen LogP contribution is -2.11. The number of carbonyl (C=O) groups is 1. The molecule has 1 N–H and O–H groups in total. The van der Waals surface area contributed by atoms with Crippen molar-refractivity contribution in [2.24, 2.45) is 0 Å². The Hall–Kier alpha value is -3.14. The number of carbonyl (C=O) groups excluding carboxylic acids is 1. The van der Waals surface area contributed by atoms with E-state index in [0.717, 1.165) is 16.4 Å². The molecule has 2 aromatic heterocycles. The Balaban J connectivity index is 1.83. The molecular formula is C18H12N2O2. The van der Waals surface area contributed by atoms with Crippen LogP contribution in [0.15, 0.2) is 71.4 Å². The number of fused-ring (bicyclic) bond motifs is 3. The van der Waals surface area contributed by atoms with E-state index in [1.165, 1.54) is 0 Å². The Morgan fingerprint density at radius 1 is 0.909 bits per heavy atom. The lowest BCUT2D eigenvalue weighted by atomic mass is 10.1. The van der Waals surface area contributed by atoms with Crippen LogP contribution in [-0.2, 0) is 0 Å². The van der Waals surface area contributed by atoms with Crippen LogP contribution in [-0.4, -0.2) is 10.9 Å². The number of amides is 1. The standard InChI is InChI=1S/C18H12N2O2/c21-18(20-12-8-10-19-11-9-12)15-6-3-5-14-13-4-1-2-7-16(13)22-17(14)15/h1-11H,(H,19,20,21). The molecule has 22 heavy (non-hydrogen) atoms. The van der Waals surface area contributed by atoms with Crippen molar-refractivity contribution in [1.82, 2.24) is 4.98 Å². The number of rotatable bonds is 2. The Kier molecular flexibility index (Phi) is 2.86. The highest BCUT2D eigenvalue weighted by Gasteiger charge is 2.15. The average Bonchev–Trinajstić information content (AvgIpc) is 2.94. The maximum Gasteiger partial charge on any atom is 0.259 e. The molecule has 0 aliphatic rings. The highest BCUT2D eigenvalue weighted by molar-refractivity contribution is 6.16. The molecule has 0 saturated heterocycles. The topological polar surface area (TPSA) is 55.1 Å². The van der Waals surface area contributed by atoms with Crippen LogP contribution in [0.4, 0.5) is 5.69 Å². The van der Waals surface area contributed by atoms with Gasteiger partial charge in [0, 0.05) is 28.9 Å². The summed E-state index contributed by atoms with van der Waals surface area (Å²) in [5.41, 5.74) is 2.61. The molecule has 0 radical (unpaired) electrons. The molecule has 1 amide bonds. The lowest BCUT2D eigenvalue weighted by Gasteiger charge is -2.05. The van der Waals surface area contributed by atoms with Gasteiger partial charge in [-0.1, -0.05) is 30.3 Å². The van der Waals surface area contributed by atoms with Gasteiger partial charge in [0.2, 0.25) is 0 Å². The van der Waals surface area contributed by atoms with E-state index in [0.29, 0.717) is 16.8 Å². The minimum Gasteiger partial charge on any atom is -0.455 e. The van der Waals surface area contributed by atoms with Gasteiger partial charge in [0.05, 0.1) is 5.56 Å². The Bertz CT molecular complexity index is 974. The number of benzene rings is 2. The van der Waals surface area contributed by atoms with Gasteiger partial charge in [0.25, 0.3) is 5.91 Å². The summed E-state index contributed by atoms with van der Waals surface area (Å²) in [4.78, 5) is 16.4. The van der Waals surface area contributed by atoms with Crippen LogP contribution in [0.25, 0.3) is 21.9 Å². The first-order chi connectivity index (χ1) is 10.8. The van der Waals surface area contributed by atoms with E-state index < -0.39 is 0 Å². The van der Waals surface area contributed by atoms with E-state index in [2.05, 4.69) is 10.3 Å². The second-order valence-corrected chi connectivity index (χ2v) is 4.97. The maximum atomic E-state index is 12.5. The molecule has 4 aromatic rings. The highest BCUT2D eigenvalue weighted by Crippen LogP contribution is 2.30. The molecule has 0 aliphatic heterocycles. The summed E-state index contributed by atoms with van der Waals surface area (Å²) < 4.78 is 5.87. The van der Waals surface area contributed by atoms with E-state index >= 15 is 0 Å². The van der Waals surface area contributed by atoms with Crippen molar-refractivity contribution >= 4 is 33.5 Å². The van der Waals surface area contributed by atoms with Crippen LogP contribution >= 0.6 is 0 Å².